The summed E-state index contributed by atoms with van der Waals surface area (Å²) in [7, 11) is 0. The molecule has 98 valence electrons. The van der Waals surface area contributed by atoms with E-state index in [-0.39, 0.29) is 16.4 Å². The van der Waals surface area contributed by atoms with Crippen LogP contribution in [0.2, 0.25) is 0 Å². The Morgan fingerprint density at radius 1 is 1.21 bits per heavy atom. The van der Waals surface area contributed by atoms with Crippen LogP contribution in [-0.4, -0.2) is 10.0 Å². The Labute approximate surface area is 110 Å². The number of phenols is 1. The predicted molar refractivity (Wildman–Crippen MR) is 73.3 cm³/mol. The van der Waals surface area contributed by atoms with Crippen LogP contribution in [0.1, 0.15) is 11.1 Å². The van der Waals surface area contributed by atoms with Crippen LogP contribution in [-0.2, 0) is 6.54 Å². The summed E-state index contributed by atoms with van der Waals surface area (Å²) in [6.45, 7) is 2.21. The Hall–Kier alpha value is -2.56. The maximum absolute atomic E-state index is 10.8. The SMILES string of the molecule is Cc1ccc(CNc2ccc(O)cc2)cc1[N+](=O)[O-]. The first-order chi connectivity index (χ1) is 9.06. The van der Waals surface area contributed by atoms with Crippen molar-refractivity contribution in [1.82, 2.24) is 0 Å². The fraction of sp³-hybridized carbons (Fsp3) is 0.143. The number of aryl methyl sites for hydroxylation is 1. The molecule has 0 saturated carbocycles. The van der Waals surface area contributed by atoms with Crippen LogP contribution >= 0.6 is 0 Å². The molecule has 0 spiro atoms. The Kier molecular flexibility index (Phi) is 3.66. The molecule has 0 bridgehead atoms. The highest BCUT2D eigenvalue weighted by Crippen LogP contribution is 2.20. The van der Waals surface area contributed by atoms with Crippen molar-refractivity contribution in [2.24, 2.45) is 0 Å². The van der Waals surface area contributed by atoms with Crippen LogP contribution in [0, 0.1) is 17.0 Å². The largest absolute Gasteiger partial charge is 0.508 e. The lowest BCUT2D eigenvalue weighted by atomic mass is 10.1. The summed E-state index contributed by atoms with van der Waals surface area (Å²) in [5, 5.41) is 23.2. The highest BCUT2D eigenvalue weighted by molar-refractivity contribution is 5.48. The normalized spacial score (nSPS) is 10.2. The van der Waals surface area contributed by atoms with Crippen molar-refractivity contribution in [3.05, 3.63) is 63.7 Å². The molecular weight excluding hydrogens is 244 g/mol. The smallest absolute Gasteiger partial charge is 0.272 e. The summed E-state index contributed by atoms with van der Waals surface area (Å²) in [6, 6.07) is 11.8. The van der Waals surface area contributed by atoms with E-state index >= 15 is 0 Å². The molecule has 2 rings (SSSR count). The molecular formula is C14H14N2O3. The molecule has 0 heterocycles. The van der Waals surface area contributed by atoms with Crippen LogP contribution in [0.3, 0.4) is 0 Å². The third-order valence-corrected chi connectivity index (χ3v) is 2.83. The minimum atomic E-state index is -0.376. The van der Waals surface area contributed by atoms with Gasteiger partial charge in [-0.3, -0.25) is 10.1 Å². The summed E-state index contributed by atoms with van der Waals surface area (Å²) >= 11 is 0. The van der Waals surface area contributed by atoms with Crippen molar-refractivity contribution >= 4 is 11.4 Å². The van der Waals surface area contributed by atoms with Gasteiger partial charge in [-0.05, 0) is 36.8 Å². The van der Waals surface area contributed by atoms with Crippen molar-refractivity contribution in [3.63, 3.8) is 0 Å². The van der Waals surface area contributed by atoms with Gasteiger partial charge in [-0.2, -0.15) is 0 Å². The second-order valence-electron chi connectivity index (χ2n) is 4.28. The lowest BCUT2D eigenvalue weighted by molar-refractivity contribution is -0.385. The number of benzene rings is 2. The minimum Gasteiger partial charge on any atom is -0.508 e. The molecule has 0 aromatic heterocycles. The van der Waals surface area contributed by atoms with Crippen LogP contribution in [0.15, 0.2) is 42.5 Å². The van der Waals surface area contributed by atoms with Gasteiger partial charge in [0.1, 0.15) is 5.75 Å². The number of phenolic OH excluding ortho intramolecular Hbond substituents is 1. The number of aromatic hydroxyl groups is 1. The first kappa shape index (κ1) is 12.9. The molecule has 5 nitrogen and oxygen atoms in total. The van der Waals surface area contributed by atoms with Crippen molar-refractivity contribution in [2.75, 3.05) is 5.32 Å². The van der Waals surface area contributed by atoms with Crippen molar-refractivity contribution < 1.29 is 10.0 Å². The van der Waals surface area contributed by atoms with Crippen LogP contribution in [0.25, 0.3) is 0 Å². The van der Waals surface area contributed by atoms with Gasteiger partial charge in [-0.15, -0.1) is 0 Å². The number of nitrogens with one attached hydrogen (secondary N) is 1. The van der Waals surface area contributed by atoms with E-state index in [0.29, 0.717) is 12.1 Å². The number of hydrogen-bond donors (Lipinski definition) is 2. The van der Waals surface area contributed by atoms with Crippen molar-refractivity contribution in [1.29, 1.82) is 0 Å². The van der Waals surface area contributed by atoms with Gasteiger partial charge in [-0.1, -0.05) is 12.1 Å². The van der Waals surface area contributed by atoms with Crippen molar-refractivity contribution in [2.45, 2.75) is 13.5 Å². The zero-order chi connectivity index (χ0) is 13.8. The summed E-state index contributed by atoms with van der Waals surface area (Å²) in [4.78, 5) is 10.5. The topological polar surface area (TPSA) is 75.4 Å². The van der Waals surface area contributed by atoms with Gasteiger partial charge in [0.2, 0.25) is 0 Å². The van der Waals surface area contributed by atoms with E-state index in [1.54, 1.807) is 43.3 Å². The van der Waals surface area contributed by atoms with Gasteiger partial charge in [0, 0.05) is 23.9 Å². The third-order valence-electron chi connectivity index (χ3n) is 2.83. The molecule has 0 atom stereocenters. The summed E-state index contributed by atoms with van der Waals surface area (Å²) in [6.07, 6.45) is 0. The van der Waals surface area contributed by atoms with Gasteiger partial charge in [-0.25, -0.2) is 0 Å². The summed E-state index contributed by atoms with van der Waals surface area (Å²) in [5.41, 5.74) is 2.47. The molecule has 5 heteroatoms. The highest BCUT2D eigenvalue weighted by atomic mass is 16.6. The maximum Gasteiger partial charge on any atom is 0.272 e. The Morgan fingerprint density at radius 2 is 1.89 bits per heavy atom. The molecule has 0 aliphatic heterocycles. The molecule has 2 aromatic carbocycles. The van der Waals surface area contributed by atoms with E-state index in [4.69, 9.17) is 5.11 Å². The van der Waals surface area contributed by atoms with E-state index < -0.39 is 0 Å². The first-order valence-electron chi connectivity index (χ1n) is 5.83. The third kappa shape index (κ3) is 3.22. The number of anilines is 1. The number of rotatable bonds is 4. The zero-order valence-electron chi connectivity index (χ0n) is 10.5. The molecule has 0 saturated heterocycles. The average molecular weight is 258 g/mol. The van der Waals surface area contributed by atoms with Gasteiger partial charge in [0.15, 0.2) is 0 Å². The van der Waals surface area contributed by atoms with Crippen LogP contribution in [0.5, 0.6) is 5.75 Å². The average Bonchev–Trinajstić information content (AvgIpc) is 2.39. The molecule has 0 aliphatic rings. The quantitative estimate of drug-likeness (QED) is 0.501. The monoisotopic (exact) mass is 258 g/mol. The number of nitro benzene ring substituents is 1. The summed E-state index contributed by atoms with van der Waals surface area (Å²) in [5.74, 6) is 0.205. The van der Waals surface area contributed by atoms with Crippen LogP contribution < -0.4 is 5.32 Å². The standard InChI is InChI=1S/C14H14N2O3/c1-10-2-3-11(8-14(10)16(18)19)9-15-12-4-6-13(17)7-5-12/h2-8,15,17H,9H2,1H3. The Morgan fingerprint density at radius 3 is 2.53 bits per heavy atom. The van der Waals surface area contributed by atoms with E-state index in [1.807, 2.05) is 6.07 Å². The molecule has 2 aromatic rings. The van der Waals surface area contributed by atoms with E-state index in [0.717, 1.165) is 11.3 Å². The van der Waals surface area contributed by atoms with E-state index in [1.165, 1.54) is 0 Å². The number of nitro groups is 1. The van der Waals surface area contributed by atoms with E-state index in [2.05, 4.69) is 5.32 Å². The van der Waals surface area contributed by atoms with Crippen LogP contribution in [0.4, 0.5) is 11.4 Å². The molecule has 0 amide bonds. The maximum atomic E-state index is 10.8. The number of nitrogens with zero attached hydrogens (tertiary/aromatic N) is 1. The summed E-state index contributed by atoms with van der Waals surface area (Å²) < 4.78 is 0. The molecule has 19 heavy (non-hydrogen) atoms. The zero-order valence-corrected chi connectivity index (χ0v) is 10.5. The molecule has 0 aliphatic carbocycles. The van der Waals surface area contributed by atoms with Gasteiger partial charge < -0.3 is 10.4 Å². The molecule has 0 radical (unpaired) electrons. The molecule has 0 fully saturated rings. The van der Waals surface area contributed by atoms with E-state index in [9.17, 15) is 10.1 Å². The fourth-order valence-corrected chi connectivity index (χ4v) is 1.75. The second-order valence-corrected chi connectivity index (χ2v) is 4.28. The lowest BCUT2D eigenvalue weighted by Crippen LogP contribution is -2.01. The molecule has 2 N–H and O–H groups in total. The number of hydrogen-bond acceptors (Lipinski definition) is 4. The van der Waals surface area contributed by atoms with Gasteiger partial charge in [0.25, 0.3) is 5.69 Å². The minimum absolute atomic E-state index is 0.130. The predicted octanol–water partition coefficient (Wildman–Crippen LogP) is 3.22. The first-order valence-corrected chi connectivity index (χ1v) is 5.83. The molecule has 0 unspecified atom stereocenters. The lowest BCUT2D eigenvalue weighted by Gasteiger charge is -2.07. The Bertz CT molecular complexity index is 594. The van der Waals surface area contributed by atoms with Gasteiger partial charge in [0.05, 0.1) is 4.92 Å². The van der Waals surface area contributed by atoms with Gasteiger partial charge >= 0.3 is 0 Å². The fourth-order valence-electron chi connectivity index (χ4n) is 1.75. The van der Waals surface area contributed by atoms with Crippen molar-refractivity contribution in [3.8, 4) is 5.75 Å². The Balaban J connectivity index is 2.09. The second kappa shape index (κ2) is 5.39. The highest BCUT2D eigenvalue weighted by Gasteiger charge is 2.10.